The number of alkyl halides is 2. The summed E-state index contributed by atoms with van der Waals surface area (Å²) in [5.41, 5.74) is 1.10. The summed E-state index contributed by atoms with van der Waals surface area (Å²) in [6, 6.07) is 5.07. The summed E-state index contributed by atoms with van der Waals surface area (Å²) in [6.07, 6.45) is 0. The highest BCUT2D eigenvalue weighted by atomic mass is 32.1. The monoisotopic (exact) mass is 423 g/mol. The maximum absolute atomic E-state index is 14.1. The van der Waals surface area contributed by atoms with Crippen LogP contribution in [-0.2, 0) is 13.1 Å². The SMILES string of the molecule is Cc1nc(N2CCn3nc(CNc4ccc(OC(F)F)cc4F)cc3C2=O)cs1. The number of aromatic nitrogens is 3. The Kier molecular flexibility index (Phi) is 5.14. The zero-order valence-corrected chi connectivity index (χ0v) is 16.0. The fourth-order valence-electron chi connectivity index (χ4n) is 3.03. The zero-order valence-electron chi connectivity index (χ0n) is 15.2. The summed E-state index contributed by atoms with van der Waals surface area (Å²) < 4.78 is 44.2. The van der Waals surface area contributed by atoms with E-state index in [1.807, 2.05) is 12.3 Å². The van der Waals surface area contributed by atoms with Crippen LogP contribution in [-0.4, -0.2) is 33.8 Å². The maximum Gasteiger partial charge on any atom is 0.387 e. The number of thiazole rings is 1. The van der Waals surface area contributed by atoms with Crippen molar-refractivity contribution in [2.75, 3.05) is 16.8 Å². The van der Waals surface area contributed by atoms with Gasteiger partial charge in [-0.3, -0.25) is 14.4 Å². The highest BCUT2D eigenvalue weighted by molar-refractivity contribution is 7.09. The molecule has 2 aromatic heterocycles. The topological polar surface area (TPSA) is 72.3 Å². The van der Waals surface area contributed by atoms with E-state index in [9.17, 15) is 18.0 Å². The van der Waals surface area contributed by atoms with Crippen LogP contribution in [0.4, 0.5) is 24.7 Å². The van der Waals surface area contributed by atoms with E-state index in [1.165, 1.54) is 23.5 Å². The second-order valence-electron chi connectivity index (χ2n) is 6.30. The molecule has 152 valence electrons. The lowest BCUT2D eigenvalue weighted by Gasteiger charge is -2.25. The van der Waals surface area contributed by atoms with Gasteiger partial charge in [0, 0.05) is 18.0 Å². The fraction of sp³-hybridized carbons (Fsp3) is 0.278. The Morgan fingerprint density at radius 3 is 2.83 bits per heavy atom. The molecule has 3 heterocycles. The number of anilines is 2. The third-order valence-corrected chi connectivity index (χ3v) is 5.10. The number of fused-ring (bicyclic) bond motifs is 1. The van der Waals surface area contributed by atoms with Gasteiger partial charge >= 0.3 is 6.61 Å². The van der Waals surface area contributed by atoms with Crippen molar-refractivity contribution in [3.63, 3.8) is 0 Å². The van der Waals surface area contributed by atoms with Gasteiger partial charge < -0.3 is 10.1 Å². The standard InChI is InChI=1S/C18H16F3N5O2S/c1-10-23-16(9-29-10)25-4-5-26-15(17(25)27)6-11(24-26)8-22-14-3-2-12(7-13(14)19)28-18(20)21/h2-3,6-7,9,18,22H,4-5,8H2,1H3. The number of benzene rings is 1. The molecular weight excluding hydrogens is 407 g/mol. The summed E-state index contributed by atoms with van der Waals surface area (Å²) in [5, 5.41) is 9.95. The average Bonchev–Trinajstić information content (AvgIpc) is 3.27. The van der Waals surface area contributed by atoms with Crippen LogP contribution in [0.3, 0.4) is 0 Å². The van der Waals surface area contributed by atoms with Crippen LogP contribution >= 0.6 is 11.3 Å². The first-order chi connectivity index (χ1) is 13.9. The molecule has 11 heteroatoms. The van der Waals surface area contributed by atoms with Gasteiger partial charge in [0.15, 0.2) is 0 Å². The van der Waals surface area contributed by atoms with Crippen LogP contribution in [0.15, 0.2) is 29.6 Å². The Morgan fingerprint density at radius 2 is 2.14 bits per heavy atom. The molecular formula is C18H16F3N5O2S. The van der Waals surface area contributed by atoms with Gasteiger partial charge in [0.05, 0.1) is 29.5 Å². The number of rotatable bonds is 6. The van der Waals surface area contributed by atoms with Gasteiger partial charge in [-0.15, -0.1) is 11.3 Å². The van der Waals surface area contributed by atoms with E-state index in [2.05, 4.69) is 20.1 Å². The van der Waals surface area contributed by atoms with Gasteiger partial charge in [-0.2, -0.15) is 13.9 Å². The second-order valence-corrected chi connectivity index (χ2v) is 7.36. The van der Waals surface area contributed by atoms with Crippen molar-refractivity contribution in [2.24, 2.45) is 0 Å². The molecule has 0 spiro atoms. The van der Waals surface area contributed by atoms with Gasteiger partial charge in [-0.1, -0.05) is 0 Å². The van der Waals surface area contributed by atoms with Crippen molar-refractivity contribution in [1.82, 2.24) is 14.8 Å². The van der Waals surface area contributed by atoms with E-state index in [1.54, 1.807) is 15.6 Å². The number of amides is 1. The Morgan fingerprint density at radius 1 is 1.31 bits per heavy atom. The Labute approximate surface area is 167 Å². The largest absolute Gasteiger partial charge is 0.435 e. The molecule has 0 atom stereocenters. The quantitative estimate of drug-likeness (QED) is 0.655. The molecule has 0 unspecified atom stereocenters. The molecule has 29 heavy (non-hydrogen) atoms. The van der Waals surface area contributed by atoms with Crippen molar-refractivity contribution in [3.05, 3.63) is 51.9 Å². The number of nitrogens with one attached hydrogen (secondary N) is 1. The van der Waals surface area contributed by atoms with Crippen LogP contribution < -0.4 is 15.0 Å². The van der Waals surface area contributed by atoms with E-state index in [-0.39, 0.29) is 23.9 Å². The number of nitrogens with zero attached hydrogens (tertiary/aromatic N) is 4. The predicted molar refractivity (Wildman–Crippen MR) is 101 cm³/mol. The lowest BCUT2D eigenvalue weighted by Crippen LogP contribution is -2.40. The molecule has 0 aliphatic carbocycles. The zero-order chi connectivity index (χ0) is 20.5. The lowest BCUT2D eigenvalue weighted by atomic mass is 10.2. The van der Waals surface area contributed by atoms with E-state index < -0.39 is 12.4 Å². The van der Waals surface area contributed by atoms with Crippen molar-refractivity contribution in [3.8, 4) is 5.75 Å². The van der Waals surface area contributed by atoms with Gasteiger partial charge in [0.1, 0.15) is 23.1 Å². The predicted octanol–water partition coefficient (Wildman–Crippen LogP) is 3.66. The molecule has 0 saturated heterocycles. The number of hydrogen-bond donors (Lipinski definition) is 1. The van der Waals surface area contributed by atoms with E-state index in [4.69, 9.17) is 0 Å². The normalized spacial score (nSPS) is 13.7. The summed E-state index contributed by atoms with van der Waals surface area (Å²) in [7, 11) is 0. The molecule has 0 radical (unpaired) electrons. The van der Waals surface area contributed by atoms with Crippen molar-refractivity contribution in [2.45, 2.75) is 26.6 Å². The Bertz CT molecular complexity index is 1050. The number of carbonyl (C=O) groups is 1. The van der Waals surface area contributed by atoms with E-state index in [0.717, 1.165) is 11.1 Å². The third-order valence-electron chi connectivity index (χ3n) is 4.34. The van der Waals surface area contributed by atoms with Gasteiger partial charge in [-0.25, -0.2) is 9.37 Å². The highest BCUT2D eigenvalue weighted by Gasteiger charge is 2.28. The van der Waals surface area contributed by atoms with Crippen molar-refractivity contribution in [1.29, 1.82) is 0 Å². The first-order valence-corrected chi connectivity index (χ1v) is 9.57. The number of halogens is 3. The molecule has 0 fully saturated rings. The van der Waals surface area contributed by atoms with Crippen molar-refractivity contribution < 1.29 is 22.7 Å². The van der Waals surface area contributed by atoms with Crippen LogP contribution in [0.1, 0.15) is 21.2 Å². The van der Waals surface area contributed by atoms with Crippen molar-refractivity contribution >= 4 is 28.7 Å². The van der Waals surface area contributed by atoms with Crippen LogP contribution in [0.25, 0.3) is 0 Å². The van der Waals surface area contributed by atoms with Crippen LogP contribution in [0, 0.1) is 12.7 Å². The molecule has 1 aliphatic heterocycles. The maximum atomic E-state index is 14.1. The molecule has 1 amide bonds. The number of aryl methyl sites for hydroxylation is 1. The lowest BCUT2D eigenvalue weighted by molar-refractivity contribution is -0.0499. The number of carbonyl (C=O) groups excluding carboxylic acids is 1. The molecule has 1 N–H and O–H groups in total. The average molecular weight is 423 g/mol. The number of hydrogen-bond acceptors (Lipinski definition) is 6. The highest BCUT2D eigenvalue weighted by Crippen LogP contribution is 2.25. The third kappa shape index (κ3) is 4.04. The Hall–Kier alpha value is -3.08. The molecule has 7 nitrogen and oxygen atoms in total. The minimum absolute atomic E-state index is 0.114. The van der Waals surface area contributed by atoms with Gasteiger partial charge in [0.25, 0.3) is 5.91 Å². The number of ether oxygens (including phenoxy) is 1. The van der Waals surface area contributed by atoms with E-state index in [0.29, 0.717) is 30.3 Å². The second kappa shape index (κ2) is 7.74. The summed E-state index contributed by atoms with van der Waals surface area (Å²) >= 11 is 1.47. The van der Waals surface area contributed by atoms with Gasteiger partial charge in [-0.05, 0) is 25.1 Å². The smallest absolute Gasteiger partial charge is 0.387 e. The first kappa shape index (κ1) is 19.2. The van der Waals surface area contributed by atoms with Crippen LogP contribution in [0.2, 0.25) is 0 Å². The minimum Gasteiger partial charge on any atom is -0.435 e. The van der Waals surface area contributed by atoms with E-state index >= 15 is 0 Å². The summed E-state index contributed by atoms with van der Waals surface area (Å²) in [5.74, 6) is -0.561. The molecule has 1 aliphatic rings. The summed E-state index contributed by atoms with van der Waals surface area (Å²) in [6.45, 7) is 0.00209. The molecule has 0 saturated carbocycles. The molecule has 0 bridgehead atoms. The Balaban J connectivity index is 1.45. The van der Waals surface area contributed by atoms with Gasteiger partial charge in [0.2, 0.25) is 0 Å². The molecule has 4 rings (SSSR count). The summed E-state index contributed by atoms with van der Waals surface area (Å²) in [4.78, 5) is 18.7. The molecule has 1 aromatic carbocycles. The fourth-order valence-corrected chi connectivity index (χ4v) is 3.63. The minimum atomic E-state index is -3.02. The molecule has 3 aromatic rings. The first-order valence-electron chi connectivity index (χ1n) is 8.69. The van der Waals surface area contributed by atoms with Crippen LogP contribution in [0.5, 0.6) is 5.75 Å².